The first-order valence-corrected chi connectivity index (χ1v) is 4.84. The van der Waals surface area contributed by atoms with Crippen LogP contribution in [0.3, 0.4) is 0 Å². The lowest BCUT2D eigenvalue weighted by molar-refractivity contribution is 0.176. The van der Waals surface area contributed by atoms with Crippen LogP contribution < -0.4 is 5.32 Å². The SMILES string of the molecule is CC(C)N1CCCC1CNC(=O)O. The van der Waals surface area contributed by atoms with Gasteiger partial charge < -0.3 is 10.4 Å². The summed E-state index contributed by atoms with van der Waals surface area (Å²) in [4.78, 5) is 12.7. The number of carbonyl (C=O) groups is 1. The van der Waals surface area contributed by atoms with E-state index in [1.54, 1.807) is 0 Å². The van der Waals surface area contributed by atoms with Crippen molar-refractivity contribution in [3.05, 3.63) is 0 Å². The van der Waals surface area contributed by atoms with E-state index < -0.39 is 6.09 Å². The highest BCUT2D eigenvalue weighted by Crippen LogP contribution is 2.18. The Labute approximate surface area is 78.9 Å². The molecule has 0 bridgehead atoms. The third-order valence-corrected chi connectivity index (χ3v) is 2.57. The smallest absolute Gasteiger partial charge is 0.404 e. The maximum atomic E-state index is 10.3. The van der Waals surface area contributed by atoms with Crippen LogP contribution in [0, 0.1) is 0 Å². The van der Waals surface area contributed by atoms with Gasteiger partial charge in [0.2, 0.25) is 0 Å². The van der Waals surface area contributed by atoms with Crippen LogP contribution in [-0.4, -0.2) is 41.3 Å². The molecule has 4 nitrogen and oxygen atoms in total. The van der Waals surface area contributed by atoms with Crippen LogP contribution in [0.2, 0.25) is 0 Å². The molecule has 1 heterocycles. The van der Waals surface area contributed by atoms with Crippen molar-refractivity contribution in [1.82, 2.24) is 10.2 Å². The van der Waals surface area contributed by atoms with Crippen molar-refractivity contribution in [2.45, 2.75) is 38.8 Å². The maximum absolute atomic E-state index is 10.3. The highest BCUT2D eigenvalue weighted by molar-refractivity contribution is 5.64. The average molecular weight is 186 g/mol. The van der Waals surface area contributed by atoms with Crippen LogP contribution in [0.1, 0.15) is 26.7 Å². The lowest BCUT2D eigenvalue weighted by Gasteiger charge is -2.27. The van der Waals surface area contributed by atoms with Crippen molar-refractivity contribution in [2.24, 2.45) is 0 Å². The van der Waals surface area contributed by atoms with Gasteiger partial charge in [0, 0.05) is 18.6 Å². The normalized spacial score (nSPS) is 23.8. The fraction of sp³-hybridized carbons (Fsp3) is 0.889. The van der Waals surface area contributed by atoms with Gasteiger partial charge in [-0.2, -0.15) is 0 Å². The van der Waals surface area contributed by atoms with E-state index >= 15 is 0 Å². The van der Waals surface area contributed by atoms with E-state index in [9.17, 15) is 4.79 Å². The number of carboxylic acid groups (broad SMARTS) is 1. The zero-order chi connectivity index (χ0) is 9.84. The van der Waals surface area contributed by atoms with E-state index in [0.717, 1.165) is 13.0 Å². The second-order valence-corrected chi connectivity index (χ2v) is 3.81. The molecule has 0 aromatic carbocycles. The van der Waals surface area contributed by atoms with Crippen molar-refractivity contribution in [2.75, 3.05) is 13.1 Å². The van der Waals surface area contributed by atoms with E-state index in [-0.39, 0.29) is 0 Å². The summed E-state index contributed by atoms with van der Waals surface area (Å²) in [7, 11) is 0. The Morgan fingerprint density at radius 1 is 1.69 bits per heavy atom. The molecular weight excluding hydrogens is 168 g/mol. The van der Waals surface area contributed by atoms with Gasteiger partial charge in [-0.1, -0.05) is 0 Å². The molecule has 2 N–H and O–H groups in total. The van der Waals surface area contributed by atoms with Gasteiger partial charge in [0.1, 0.15) is 0 Å². The number of hydrogen-bond donors (Lipinski definition) is 2. The zero-order valence-electron chi connectivity index (χ0n) is 8.29. The Bertz CT molecular complexity index is 182. The number of nitrogens with one attached hydrogen (secondary N) is 1. The molecule has 0 radical (unpaired) electrons. The van der Waals surface area contributed by atoms with Crippen LogP contribution in [0.15, 0.2) is 0 Å². The van der Waals surface area contributed by atoms with Crippen molar-refractivity contribution in [3.8, 4) is 0 Å². The summed E-state index contributed by atoms with van der Waals surface area (Å²) < 4.78 is 0. The van der Waals surface area contributed by atoms with E-state index in [1.165, 1.54) is 6.42 Å². The van der Waals surface area contributed by atoms with Crippen molar-refractivity contribution < 1.29 is 9.90 Å². The van der Waals surface area contributed by atoms with Gasteiger partial charge in [-0.3, -0.25) is 4.90 Å². The van der Waals surface area contributed by atoms with Crippen LogP contribution >= 0.6 is 0 Å². The first-order chi connectivity index (χ1) is 6.11. The Kier molecular flexibility index (Phi) is 3.54. The summed E-state index contributed by atoms with van der Waals surface area (Å²) in [5.74, 6) is 0. The molecule has 1 atom stereocenters. The quantitative estimate of drug-likeness (QED) is 0.694. The molecule has 76 valence electrons. The number of rotatable bonds is 3. The highest BCUT2D eigenvalue weighted by atomic mass is 16.4. The Morgan fingerprint density at radius 3 is 2.92 bits per heavy atom. The molecule has 13 heavy (non-hydrogen) atoms. The van der Waals surface area contributed by atoms with E-state index in [1.807, 2.05) is 0 Å². The number of amides is 1. The van der Waals surface area contributed by atoms with E-state index in [0.29, 0.717) is 18.6 Å². The minimum atomic E-state index is -0.921. The molecule has 0 aromatic heterocycles. The van der Waals surface area contributed by atoms with Crippen molar-refractivity contribution in [3.63, 3.8) is 0 Å². The molecule has 0 aromatic rings. The van der Waals surface area contributed by atoms with Gasteiger partial charge in [0.25, 0.3) is 0 Å². The summed E-state index contributed by atoms with van der Waals surface area (Å²) in [5, 5.41) is 10.9. The molecule has 0 aliphatic carbocycles. The minimum Gasteiger partial charge on any atom is -0.465 e. The first-order valence-electron chi connectivity index (χ1n) is 4.84. The minimum absolute atomic E-state index is 0.399. The van der Waals surface area contributed by atoms with Crippen LogP contribution in [0.25, 0.3) is 0 Å². The van der Waals surface area contributed by atoms with Gasteiger partial charge in [-0.25, -0.2) is 4.79 Å². The summed E-state index contributed by atoms with van der Waals surface area (Å²) in [6.45, 7) is 5.97. The van der Waals surface area contributed by atoms with Gasteiger partial charge in [0.15, 0.2) is 0 Å². The number of likely N-dealkylation sites (tertiary alicyclic amines) is 1. The number of nitrogens with zero attached hydrogens (tertiary/aromatic N) is 1. The molecule has 1 fully saturated rings. The molecule has 1 rings (SSSR count). The van der Waals surface area contributed by atoms with Crippen molar-refractivity contribution in [1.29, 1.82) is 0 Å². The van der Waals surface area contributed by atoms with Gasteiger partial charge in [0.05, 0.1) is 0 Å². The lowest BCUT2D eigenvalue weighted by atomic mass is 10.2. The Morgan fingerprint density at radius 2 is 2.38 bits per heavy atom. The highest BCUT2D eigenvalue weighted by Gasteiger charge is 2.26. The lowest BCUT2D eigenvalue weighted by Crippen LogP contribution is -2.42. The average Bonchev–Trinajstić information content (AvgIpc) is 2.47. The first kappa shape index (κ1) is 10.3. The molecule has 1 aliphatic heterocycles. The zero-order valence-corrected chi connectivity index (χ0v) is 8.29. The standard InChI is InChI=1S/C9H18N2O2/c1-7(2)11-5-3-4-8(11)6-10-9(12)13/h7-8,10H,3-6H2,1-2H3,(H,12,13). The molecule has 4 heteroatoms. The summed E-state index contributed by atoms with van der Waals surface area (Å²) in [6.07, 6.45) is 1.37. The fourth-order valence-corrected chi connectivity index (χ4v) is 1.96. The van der Waals surface area contributed by atoms with Gasteiger partial charge in [-0.05, 0) is 33.2 Å². The Balaban J connectivity index is 2.35. The number of hydrogen-bond acceptors (Lipinski definition) is 2. The monoisotopic (exact) mass is 186 g/mol. The molecule has 1 aliphatic rings. The van der Waals surface area contributed by atoms with Gasteiger partial charge in [-0.15, -0.1) is 0 Å². The molecular formula is C9H18N2O2. The molecule has 1 amide bonds. The van der Waals surface area contributed by atoms with Crippen LogP contribution in [-0.2, 0) is 0 Å². The van der Waals surface area contributed by atoms with E-state index in [2.05, 4.69) is 24.1 Å². The topological polar surface area (TPSA) is 52.6 Å². The van der Waals surface area contributed by atoms with E-state index in [4.69, 9.17) is 5.11 Å². The molecule has 1 saturated heterocycles. The maximum Gasteiger partial charge on any atom is 0.404 e. The Hall–Kier alpha value is -0.770. The summed E-state index contributed by atoms with van der Waals surface area (Å²) >= 11 is 0. The van der Waals surface area contributed by atoms with Crippen LogP contribution in [0.5, 0.6) is 0 Å². The third kappa shape index (κ3) is 2.88. The molecule has 0 saturated carbocycles. The third-order valence-electron chi connectivity index (χ3n) is 2.57. The van der Waals surface area contributed by atoms with Crippen molar-refractivity contribution >= 4 is 6.09 Å². The van der Waals surface area contributed by atoms with Gasteiger partial charge >= 0.3 is 6.09 Å². The predicted octanol–water partition coefficient (Wildman–Crippen LogP) is 1.13. The second-order valence-electron chi connectivity index (χ2n) is 3.81. The van der Waals surface area contributed by atoms with Crippen LogP contribution in [0.4, 0.5) is 4.79 Å². The fourth-order valence-electron chi connectivity index (χ4n) is 1.96. The predicted molar refractivity (Wildman–Crippen MR) is 50.9 cm³/mol. The summed E-state index contributed by atoms with van der Waals surface area (Å²) in [5.41, 5.74) is 0. The summed E-state index contributed by atoms with van der Waals surface area (Å²) in [6, 6.07) is 0.916. The molecule has 1 unspecified atom stereocenters. The second kappa shape index (κ2) is 4.46. The molecule has 0 spiro atoms. The largest absolute Gasteiger partial charge is 0.465 e.